The zero-order chi connectivity index (χ0) is 14.5. The van der Waals surface area contributed by atoms with Gasteiger partial charge in [-0.25, -0.2) is 0 Å². The van der Waals surface area contributed by atoms with E-state index in [0.29, 0.717) is 17.2 Å². The summed E-state index contributed by atoms with van der Waals surface area (Å²) < 4.78 is 5.79. The number of para-hydroxylation sites is 1. The molecule has 2 aromatic rings. The maximum Gasteiger partial charge on any atom is 0.248 e. The molecule has 0 atom stereocenters. The number of ether oxygens (including phenoxy) is 1. The fourth-order valence-corrected chi connectivity index (χ4v) is 2.14. The van der Waals surface area contributed by atoms with Gasteiger partial charge in [0.15, 0.2) is 0 Å². The van der Waals surface area contributed by atoms with E-state index in [0.717, 1.165) is 23.3 Å². The summed E-state index contributed by atoms with van der Waals surface area (Å²) in [6.07, 6.45) is 0.907. The quantitative estimate of drug-likeness (QED) is 0.914. The van der Waals surface area contributed by atoms with Crippen LogP contribution < -0.4 is 10.5 Å². The minimum atomic E-state index is -0.490. The van der Waals surface area contributed by atoms with Crippen molar-refractivity contribution in [3.05, 3.63) is 64.2 Å². The number of aryl methyl sites for hydroxylation is 1. The minimum Gasteiger partial charge on any atom is -0.489 e. The van der Waals surface area contributed by atoms with E-state index in [-0.39, 0.29) is 0 Å². The molecule has 2 aromatic carbocycles. The summed E-state index contributed by atoms with van der Waals surface area (Å²) in [6.45, 7) is 2.44. The van der Waals surface area contributed by atoms with Crippen molar-refractivity contribution in [1.29, 1.82) is 0 Å². The molecular weight excluding hydrogens is 274 g/mol. The molecule has 0 aliphatic heterocycles. The number of hydrogen-bond donors (Lipinski definition) is 1. The van der Waals surface area contributed by atoms with E-state index in [9.17, 15) is 4.79 Å². The molecule has 4 heteroatoms. The molecule has 1 amide bonds. The molecule has 2 rings (SSSR count). The Hall–Kier alpha value is -2.00. The lowest BCUT2D eigenvalue weighted by Crippen LogP contribution is -2.11. The second kappa shape index (κ2) is 6.44. The summed E-state index contributed by atoms with van der Waals surface area (Å²) in [5, 5.41) is 0.482. The predicted octanol–water partition coefficient (Wildman–Crippen LogP) is 3.58. The molecule has 0 unspecified atom stereocenters. The number of nitrogens with two attached hydrogens (primary N) is 1. The van der Waals surface area contributed by atoms with Crippen molar-refractivity contribution < 1.29 is 9.53 Å². The van der Waals surface area contributed by atoms with Crippen molar-refractivity contribution in [3.8, 4) is 5.75 Å². The third kappa shape index (κ3) is 3.31. The normalized spacial score (nSPS) is 10.3. The molecule has 0 radical (unpaired) electrons. The maximum absolute atomic E-state index is 11.1. The van der Waals surface area contributed by atoms with Crippen molar-refractivity contribution >= 4 is 17.5 Å². The molecule has 0 saturated heterocycles. The Balaban J connectivity index is 2.13. The highest BCUT2D eigenvalue weighted by molar-refractivity contribution is 6.31. The van der Waals surface area contributed by atoms with Crippen LogP contribution in [-0.4, -0.2) is 5.91 Å². The number of carbonyl (C=O) groups excluding carboxylic acids is 1. The lowest BCUT2D eigenvalue weighted by molar-refractivity contribution is 0.1000. The largest absolute Gasteiger partial charge is 0.489 e. The first-order valence-corrected chi connectivity index (χ1v) is 6.78. The van der Waals surface area contributed by atoms with Gasteiger partial charge in [0.2, 0.25) is 5.91 Å². The van der Waals surface area contributed by atoms with Gasteiger partial charge in [0.25, 0.3) is 0 Å². The van der Waals surface area contributed by atoms with Crippen LogP contribution in [-0.2, 0) is 13.0 Å². The third-order valence-electron chi connectivity index (χ3n) is 3.07. The summed E-state index contributed by atoms with van der Waals surface area (Å²) in [5.41, 5.74) is 7.57. The highest BCUT2D eigenvalue weighted by atomic mass is 35.5. The van der Waals surface area contributed by atoms with Gasteiger partial charge >= 0.3 is 0 Å². The van der Waals surface area contributed by atoms with Crippen LogP contribution in [0.5, 0.6) is 5.75 Å². The van der Waals surface area contributed by atoms with Gasteiger partial charge in [-0.2, -0.15) is 0 Å². The van der Waals surface area contributed by atoms with Crippen molar-refractivity contribution in [2.45, 2.75) is 20.0 Å². The lowest BCUT2D eigenvalue weighted by Gasteiger charge is -2.11. The summed E-state index contributed by atoms with van der Waals surface area (Å²) in [5.74, 6) is 0.362. The van der Waals surface area contributed by atoms with Crippen LogP contribution in [0.2, 0.25) is 5.02 Å². The van der Waals surface area contributed by atoms with E-state index in [1.807, 2.05) is 24.3 Å². The summed E-state index contributed by atoms with van der Waals surface area (Å²) >= 11 is 6.13. The number of primary amides is 1. The number of benzene rings is 2. The smallest absolute Gasteiger partial charge is 0.248 e. The fraction of sp³-hybridized carbons (Fsp3) is 0.188. The lowest BCUT2D eigenvalue weighted by atomic mass is 10.1. The average Bonchev–Trinajstić information content (AvgIpc) is 2.46. The van der Waals surface area contributed by atoms with Crippen LogP contribution in [0.3, 0.4) is 0 Å². The van der Waals surface area contributed by atoms with Gasteiger partial charge in [-0.05, 0) is 30.2 Å². The van der Waals surface area contributed by atoms with Gasteiger partial charge in [0, 0.05) is 16.1 Å². The Kier molecular flexibility index (Phi) is 4.64. The monoisotopic (exact) mass is 289 g/mol. The van der Waals surface area contributed by atoms with Crippen LogP contribution in [0.15, 0.2) is 42.5 Å². The van der Waals surface area contributed by atoms with Crippen LogP contribution in [0.4, 0.5) is 0 Å². The molecular formula is C16H16ClNO2. The maximum atomic E-state index is 11.1. The zero-order valence-corrected chi connectivity index (χ0v) is 12.0. The molecule has 0 aliphatic rings. The molecule has 2 N–H and O–H groups in total. The SMILES string of the molecule is CCc1ccccc1OCc1ccc(C(N)=O)cc1Cl. The summed E-state index contributed by atoms with van der Waals surface area (Å²) in [4.78, 5) is 11.1. The Morgan fingerprint density at radius 2 is 1.95 bits per heavy atom. The standard InChI is InChI=1S/C16H16ClNO2/c1-2-11-5-3-4-6-15(11)20-10-13-8-7-12(16(18)19)9-14(13)17/h3-9H,2,10H2,1H3,(H2,18,19). The predicted molar refractivity (Wildman–Crippen MR) is 80.1 cm³/mol. The highest BCUT2D eigenvalue weighted by Gasteiger charge is 2.07. The topological polar surface area (TPSA) is 52.3 Å². The van der Waals surface area contributed by atoms with Gasteiger partial charge in [-0.3, -0.25) is 4.79 Å². The van der Waals surface area contributed by atoms with E-state index < -0.39 is 5.91 Å². The first-order chi connectivity index (χ1) is 9.61. The Morgan fingerprint density at radius 1 is 1.20 bits per heavy atom. The second-order valence-electron chi connectivity index (χ2n) is 4.42. The molecule has 104 valence electrons. The Labute approximate surface area is 123 Å². The van der Waals surface area contributed by atoms with Gasteiger partial charge in [0.1, 0.15) is 12.4 Å². The number of rotatable bonds is 5. The molecule has 0 fully saturated rings. The summed E-state index contributed by atoms with van der Waals surface area (Å²) in [7, 11) is 0. The Morgan fingerprint density at radius 3 is 2.60 bits per heavy atom. The average molecular weight is 290 g/mol. The van der Waals surface area contributed by atoms with Crippen molar-refractivity contribution in [2.24, 2.45) is 5.73 Å². The molecule has 0 aromatic heterocycles. The molecule has 3 nitrogen and oxygen atoms in total. The van der Waals surface area contributed by atoms with Gasteiger partial charge < -0.3 is 10.5 Å². The van der Waals surface area contributed by atoms with Gasteiger partial charge in [-0.1, -0.05) is 42.8 Å². The number of halogens is 1. The highest BCUT2D eigenvalue weighted by Crippen LogP contribution is 2.23. The number of hydrogen-bond acceptors (Lipinski definition) is 2. The van der Waals surface area contributed by atoms with Crippen LogP contribution >= 0.6 is 11.6 Å². The number of carbonyl (C=O) groups is 1. The number of amides is 1. The van der Waals surface area contributed by atoms with E-state index >= 15 is 0 Å². The second-order valence-corrected chi connectivity index (χ2v) is 4.83. The third-order valence-corrected chi connectivity index (χ3v) is 3.43. The molecule has 0 aliphatic carbocycles. The van der Waals surface area contributed by atoms with E-state index in [2.05, 4.69) is 6.92 Å². The molecule has 0 saturated carbocycles. The van der Waals surface area contributed by atoms with Crippen LogP contribution in [0, 0.1) is 0 Å². The molecule has 20 heavy (non-hydrogen) atoms. The van der Waals surface area contributed by atoms with E-state index in [1.54, 1.807) is 18.2 Å². The van der Waals surface area contributed by atoms with Gasteiger partial charge in [-0.15, -0.1) is 0 Å². The van der Waals surface area contributed by atoms with Crippen LogP contribution in [0.1, 0.15) is 28.4 Å². The molecule has 0 heterocycles. The fourth-order valence-electron chi connectivity index (χ4n) is 1.91. The minimum absolute atomic E-state index is 0.356. The molecule has 0 bridgehead atoms. The van der Waals surface area contributed by atoms with E-state index in [1.165, 1.54) is 0 Å². The van der Waals surface area contributed by atoms with Gasteiger partial charge in [0.05, 0.1) is 0 Å². The van der Waals surface area contributed by atoms with Crippen molar-refractivity contribution in [2.75, 3.05) is 0 Å². The first kappa shape index (κ1) is 14.4. The first-order valence-electron chi connectivity index (χ1n) is 6.40. The van der Waals surface area contributed by atoms with E-state index in [4.69, 9.17) is 22.1 Å². The zero-order valence-electron chi connectivity index (χ0n) is 11.2. The molecule has 0 spiro atoms. The Bertz CT molecular complexity index is 626. The van der Waals surface area contributed by atoms with Crippen LogP contribution in [0.25, 0.3) is 0 Å². The van der Waals surface area contributed by atoms with Crippen molar-refractivity contribution in [3.63, 3.8) is 0 Å². The summed E-state index contributed by atoms with van der Waals surface area (Å²) in [6, 6.07) is 12.9. The van der Waals surface area contributed by atoms with Crippen molar-refractivity contribution in [1.82, 2.24) is 0 Å².